The Morgan fingerprint density at radius 2 is 2.50 bits per heavy atom. The van der Waals surface area contributed by atoms with Crippen LogP contribution in [-0.4, -0.2) is 24.2 Å². The van der Waals surface area contributed by atoms with Gasteiger partial charge in [0.15, 0.2) is 0 Å². The molecule has 0 aliphatic rings. The molecule has 0 aliphatic heterocycles. The summed E-state index contributed by atoms with van der Waals surface area (Å²) in [5, 5.41) is 15.5. The highest BCUT2D eigenvalue weighted by Gasteiger charge is 2.21. The molecule has 6 nitrogen and oxygen atoms in total. The Bertz CT molecular complexity index is 451. The molecule has 0 bridgehead atoms. The molecule has 0 radical (unpaired) electrons. The second kappa shape index (κ2) is 7.38. The first kappa shape index (κ1) is 15.0. The van der Waals surface area contributed by atoms with Crippen LogP contribution in [0.1, 0.15) is 22.2 Å². The number of aryl methyl sites for hydroxylation is 1. The first-order valence-corrected chi connectivity index (χ1v) is 6.90. The van der Waals surface area contributed by atoms with Crippen LogP contribution in [0.5, 0.6) is 0 Å². The Hall–Kier alpha value is -1.08. The molecule has 18 heavy (non-hydrogen) atoms. The summed E-state index contributed by atoms with van der Waals surface area (Å²) in [7, 11) is 0. The molecule has 0 saturated carbocycles. The minimum Gasteiger partial charge on any atom is -0.480 e. The number of halogens is 1. The molecular weight excluding hydrogens is 320 g/mol. The number of carbonyl (C=O) groups is 1. The number of azide groups is 1. The fraction of sp³-hybridized carbons (Fsp3) is 0.500. The monoisotopic (exact) mass is 332 g/mol. The minimum atomic E-state index is -0.910. The van der Waals surface area contributed by atoms with Crippen molar-refractivity contribution in [2.45, 2.75) is 19.4 Å². The summed E-state index contributed by atoms with van der Waals surface area (Å²) in [5.74, 6) is -0.910. The van der Waals surface area contributed by atoms with Gasteiger partial charge in [0.25, 0.3) is 0 Å². The molecular formula is C10H13BrN4O2S. The third kappa shape index (κ3) is 4.30. The molecule has 0 aromatic carbocycles. The van der Waals surface area contributed by atoms with Gasteiger partial charge in [-0.15, -0.1) is 11.3 Å². The molecule has 2 N–H and O–H groups in total. The molecule has 0 amide bonds. The maximum absolute atomic E-state index is 11.2. The van der Waals surface area contributed by atoms with E-state index >= 15 is 0 Å². The van der Waals surface area contributed by atoms with Gasteiger partial charge < -0.3 is 10.4 Å². The number of rotatable bonds is 7. The fourth-order valence-electron chi connectivity index (χ4n) is 1.37. The number of aliphatic carboxylic acids is 1. The fourth-order valence-corrected chi connectivity index (χ4v) is 3.00. The molecule has 1 rings (SSSR count). The van der Waals surface area contributed by atoms with Crippen molar-refractivity contribution < 1.29 is 9.90 Å². The predicted molar refractivity (Wildman–Crippen MR) is 73.8 cm³/mol. The van der Waals surface area contributed by atoms with Crippen molar-refractivity contribution >= 4 is 33.2 Å². The SMILES string of the molecule is Cc1sc(C(NCCCN=[N+]=[N-])C(=O)O)cc1Br. The normalized spacial score (nSPS) is 11.9. The second-order valence-electron chi connectivity index (χ2n) is 3.59. The van der Waals surface area contributed by atoms with Gasteiger partial charge >= 0.3 is 5.97 Å². The highest BCUT2D eigenvalue weighted by atomic mass is 79.9. The standard InChI is InChI=1S/C10H13BrN4O2S/c1-6-7(11)5-8(18-6)9(10(16)17)13-3-2-4-14-15-12/h5,9,13H,2-4H2,1H3,(H,16,17). The number of hydrogen-bond donors (Lipinski definition) is 2. The molecule has 0 saturated heterocycles. The van der Waals surface area contributed by atoms with E-state index in [2.05, 4.69) is 31.3 Å². The molecule has 1 aromatic rings. The van der Waals surface area contributed by atoms with Crippen LogP contribution in [0.2, 0.25) is 0 Å². The maximum Gasteiger partial charge on any atom is 0.326 e. The van der Waals surface area contributed by atoms with Gasteiger partial charge in [-0.3, -0.25) is 4.79 Å². The number of nitrogens with one attached hydrogen (secondary N) is 1. The smallest absolute Gasteiger partial charge is 0.326 e. The van der Waals surface area contributed by atoms with Crippen LogP contribution in [0.25, 0.3) is 10.4 Å². The molecule has 0 fully saturated rings. The third-order valence-electron chi connectivity index (χ3n) is 2.25. The number of thiophene rings is 1. The Kier molecular flexibility index (Phi) is 6.14. The third-order valence-corrected chi connectivity index (χ3v) is 4.46. The largest absolute Gasteiger partial charge is 0.480 e. The van der Waals surface area contributed by atoms with Gasteiger partial charge in [0, 0.05) is 25.7 Å². The van der Waals surface area contributed by atoms with E-state index in [1.54, 1.807) is 0 Å². The van der Waals surface area contributed by atoms with Crippen molar-refractivity contribution in [3.05, 3.63) is 30.7 Å². The summed E-state index contributed by atoms with van der Waals surface area (Å²) >= 11 is 4.82. The average Bonchev–Trinajstić information content (AvgIpc) is 2.63. The molecule has 98 valence electrons. The Morgan fingerprint density at radius 1 is 1.78 bits per heavy atom. The highest BCUT2D eigenvalue weighted by Crippen LogP contribution is 2.30. The number of carboxylic acids is 1. The van der Waals surface area contributed by atoms with E-state index in [4.69, 9.17) is 5.53 Å². The number of carboxylic acid groups (broad SMARTS) is 1. The van der Waals surface area contributed by atoms with Crippen LogP contribution in [0.4, 0.5) is 0 Å². The lowest BCUT2D eigenvalue weighted by Gasteiger charge is -2.12. The number of hydrogen-bond acceptors (Lipinski definition) is 4. The zero-order chi connectivity index (χ0) is 13.5. The molecule has 1 unspecified atom stereocenters. The van der Waals surface area contributed by atoms with E-state index in [9.17, 15) is 9.90 Å². The van der Waals surface area contributed by atoms with Crippen LogP contribution < -0.4 is 5.32 Å². The van der Waals surface area contributed by atoms with Crippen molar-refractivity contribution in [1.82, 2.24) is 5.32 Å². The van der Waals surface area contributed by atoms with Crippen LogP contribution in [0.3, 0.4) is 0 Å². The second-order valence-corrected chi connectivity index (χ2v) is 5.73. The van der Waals surface area contributed by atoms with Gasteiger partial charge in [0.1, 0.15) is 6.04 Å². The van der Waals surface area contributed by atoms with Gasteiger partial charge in [-0.25, -0.2) is 0 Å². The van der Waals surface area contributed by atoms with Crippen LogP contribution in [-0.2, 0) is 4.79 Å². The van der Waals surface area contributed by atoms with E-state index in [1.165, 1.54) is 11.3 Å². The lowest BCUT2D eigenvalue weighted by molar-refractivity contribution is -0.139. The quantitative estimate of drug-likeness (QED) is 0.347. The minimum absolute atomic E-state index is 0.364. The van der Waals surface area contributed by atoms with Crippen molar-refractivity contribution in [2.75, 3.05) is 13.1 Å². The summed E-state index contributed by atoms with van der Waals surface area (Å²) in [4.78, 5) is 15.6. The van der Waals surface area contributed by atoms with E-state index in [-0.39, 0.29) is 0 Å². The zero-order valence-corrected chi connectivity index (χ0v) is 12.2. The van der Waals surface area contributed by atoms with E-state index in [1.807, 2.05) is 13.0 Å². The van der Waals surface area contributed by atoms with Gasteiger partial charge in [-0.05, 0) is 47.4 Å². The van der Waals surface area contributed by atoms with Crippen molar-refractivity contribution in [2.24, 2.45) is 5.11 Å². The van der Waals surface area contributed by atoms with E-state index < -0.39 is 12.0 Å². The van der Waals surface area contributed by atoms with Crippen LogP contribution >= 0.6 is 27.3 Å². The average molecular weight is 333 g/mol. The lowest BCUT2D eigenvalue weighted by atomic mass is 10.2. The van der Waals surface area contributed by atoms with Gasteiger partial charge in [0.05, 0.1) is 0 Å². The van der Waals surface area contributed by atoms with Gasteiger partial charge in [0.2, 0.25) is 0 Å². The molecule has 1 heterocycles. The maximum atomic E-state index is 11.2. The highest BCUT2D eigenvalue weighted by molar-refractivity contribution is 9.10. The van der Waals surface area contributed by atoms with Crippen LogP contribution in [0.15, 0.2) is 15.7 Å². The molecule has 1 atom stereocenters. The van der Waals surface area contributed by atoms with Crippen molar-refractivity contribution in [3.63, 3.8) is 0 Å². The number of nitrogens with zero attached hydrogens (tertiary/aromatic N) is 3. The Balaban J connectivity index is 2.60. The zero-order valence-electron chi connectivity index (χ0n) is 9.76. The Labute approximate surface area is 117 Å². The first-order valence-electron chi connectivity index (χ1n) is 5.29. The van der Waals surface area contributed by atoms with Gasteiger partial charge in [-0.1, -0.05) is 5.11 Å². The van der Waals surface area contributed by atoms with Crippen molar-refractivity contribution in [1.29, 1.82) is 0 Å². The summed E-state index contributed by atoms with van der Waals surface area (Å²) in [5.41, 5.74) is 8.11. The van der Waals surface area contributed by atoms with Gasteiger partial charge in [-0.2, -0.15) is 0 Å². The molecule has 0 aliphatic carbocycles. The lowest BCUT2D eigenvalue weighted by Crippen LogP contribution is -2.28. The Morgan fingerprint density at radius 3 is 3.00 bits per heavy atom. The van der Waals surface area contributed by atoms with Crippen LogP contribution in [0, 0.1) is 6.92 Å². The molecule has 1 aromatic heterocycles. The summed E-state index contributed by atoms with van der Waals surface area (Å²) < 4.78 is 0.921. The predicted octanol–water partition coefficient (Wildman–Crippen LogP) is 3.23. The van der Waals surface area contributed by atoms with Crippen molar-refractivity contribution in [3.8, 4) is 0 Å². The first-order chi connectivity index (χ1) is 8.56. The van der Waals surface area contributed by atoms with E-state index in [0.29, 0.717) is 19.5 Å². The topological polar surface area (TPSA) is 98.1 Å². The summed E-state index contributed by atoms with van der Waals surface area (Å²) in [6.45, 7) is 2.78. The molecule has 0 spiro atoms. The molecule has 8 heteroatoms. The summed E-state index contributed by atoms with van der Waals surface area (Å²) in [6.07, 6.45) is 0.610. The van der Waals surface area contributed by atoms with E-state index in [0.717, 1.165) is 14.2 Å². The summed E-state index contributed by atoms with van der Waals surface area (Å²) in [6, 6.07) is 1.10.